The molecule has 0 heterocycles. The second-order valence-electron chi connectivity index (χ2n) is 5.67. The smallest absolute Gasteiger partial charge is 0.0733 e. The van der Waals surface area contributed by atoms with Gasteiger partial charge in [0.25, 0.3) is 0 Å². The molecule has 3 heteroatoms. The van der Waals surface area contributed by atoms with Crippen molar-refractivity contribution in [3.63, 3.8) is 0 Å². The molecule has 0 spiro atoms. The maximum atomic E-state index is 6.04. The van der Waals surface area contributed by atoms with Gasteiger partial charge in [-0.15, -0.1) is 0 Å². The molecule has 1 saturated carbocycles. The van der Waals surface area contributed by atoms with Crippen LogP contribution < -0.4 is 5.32 Å². The van der Waals surface area contributed by atoms with E-state index in [0.717, 1.165) is 26.2 Å². The van der Waals surface area contributed by atoms with Crippen LogP contribution in [0.5, 0.6) is 0 Å². The highest BCUT2D eigenvalue weighted by Gasteiger charge is 2.38. The molecule has 0 aromatic rings. The average molecular weight is 243 g/mol. The molecule has 1 rings (SSSR count). The third-order valence-electron chi connectivity index (χ3n) is 3.77. The number of hydrogen-bond acceptors (Lipinski definition) is 3. The van der Waals surface area contributed by atoms with Crippen LogP contribution in [0, 0.1) is 5.41 Å². The summed E-state index contributed by atoms with van der Waals surface area (Å²) in [7, 11) is 1.74. The Labute approximate surface area is 106 Å². The zero-order valence-corrected chi connectivity index (χ0v) is 11.9. The second kappa shape index (κ2) is 7.34. The summed E-state index contributed by atoms with van der Waals surface area (Å²) in [4.78, 5) is 0. The molecule has 102 valence electrons. The van der Waals surface area contributed by atoms with Crippen molar-refractivity contribution in [1.29, 1.82) is 0 Å². The summed E-state index contributed by atoms with van der Waals surface area (Å²) in [6, 6.07) is 0.490. The predicted octanol–water partition coefficient (Wildman–Crippen LogP) is 2.60. The number of nitrogens with one attached hydrogen (secondary N) is 1. The first-order valence-corrected chi connectivity index (χ1v) is 6.95. The van der Waals surface area contributed by atoms with Crippen LogP contribution in [0.1, 0.15) is 46.5 Å². The van der Waals surface area contributed by atoms with Crippen LogP contribution in [0.15, 0.2) is 0 Å². The molecule has 0 amide bonds. The van der Waals surface area contributed by atoms with Crippen molar-refractivity contribution in [1.82, 2.24) is 5.32 Å². The van der Waals surface area contributed by atoms with E-state index in [0.29, 0.717) is 17.6 Å². The van der Waals surface area contributed by atoms with Crippen LogP contribution >= 0.6 is 0 Å². The van der Waals surface area contributed by atoms with Gasteiger partial charge in [-0.3, -0.25) is 0 Å². The van der Waals surface area contributed by atoms with Gasteiger partial charge in [-0.1, -0.05) is 27.2 Å². The lowest BCUT2D eigenvalue weighted by atomic mass is 9.71. The van der Waals surface area contributed by atoms with E-state index in [9.17, 15) is 0 Å². The second-order valence-corrected chi connectivity index (χ2v) is 5.67. The topological polar surface area (TPSA) is 30.5 Å². The minimum Gasteiger partial charge on any atom is -0.385 e. The van der Waals surface area contributed by atoms with Crippen LogP contribution in [-0.2, 0) is 9.47 Å². The number of ether oxygens (including phenoxy) is 2. The fourth-order valence-electron chi connectivity index (χ4n) is 2.83. The fourth-order valence-corrected chi connectivity index (χ4v) is 2.83. The SMILES string of the molecule is CCNC1C(OCCCOC)CCCC1(C)C. The molecule has 0 aliphatic heterocycles. The molecule has 3 nitrogen and oxygen atoms in total. The van der Waals surface area contributed by atoms with Crippen LogP contribution in [-0.4, -0.2) is 39.0 Å². The van der Waals surface area contributed by atoms with Gasteiger partial charge in [-0.05, 0) is 31.2 Å². The Morgan fingerprint density at radius 2 is 2.06 bits per heavy atom. The molecule has 0 aromatic carbocycles. The predicted molar refractivity (Wildman–Crippen MR) is 71.3 cm³/mol. The van der Waals surface area contributed by atoms with Crippen molar-refractivity contribution < 1.29 is 9.47 Å². The van der Waals surface area contributed by atoms with Crippen molar-refractivity contribution in [2.75, 3.05) is 26.9 Å². The van der Waals surface area contributed by atoms with E-state index in [4.69, 9.17) is 9.47 Å². The van der Waals surface area contributed by atoms with Gasteiger partial charge in [0.1, 0.15) is 0 Å². The quantitative estimate of drug-likeness (QED) is 0.697. The van der Waals surface area contributed by atoms with Crippen LogP contribution in [0.4, 0.5) is 0 Å². The van der Waals surface area contributed by atoms with Crippen LogP contribution in [0.3, 0.4) is 0 Å². The van der Waals surface area contributed by atoms with Crippen molar-refractivity contribution in [2.24, 2.45) is 5.41 Å². The molecule has 0 aromatic heterocycles. The summed E-state index contributed by atoms with van der Waals surface area (Å²) < 4.78 is 11.1. The normalized spacial score (nSPS) is 28.2. The largest absolute Gasteiger partial charge is 0.385 e. The molecule has 1 N–H and O–H groups in total. The lowest BCUT2D eigenvalue weighted by molar-refractivity contribution is -0.0411. The molecule has 0 radical (unpaired) electrons. The highest BCUT2D eigenvalue weighted by molar-refractivity contribution is 4.94. The first-order valence-electron chi connectivity index (χ1n) is 6.95. The first-order chi connectivity index (χ1) is 8.11. The minimum atomic E-state index is 0.347. The standard InChI is InChI=1S/C14H29NO2/c1-5-15-13-12(17-11-7-10-16-4)8-6-9-14(13,2)3/h12-13,15H,5-11H2,1-4H3. The number of likely N-dealkylation sites (N-methyl/N-ethyl adjacent to an activating group) is 1. The Morgan fingerprint density at radius 1 is 1.29 bits per heavy atom. The van der Waals surface area contributed by atoms with Gasteiger partial charge in [0, 0.05) is 26.4 Å². The maximum Gasteiger partial charge on any atom is 0.0733 e. The van der Waals surface area contributed by atoms with Crippen molar-refractivity contribution >= 4 is 0 Å². The van der Waals surface area contributed by atoms with E-state index in [-0.39, 0.29) is 0 Å². The Kier molecular flexibility index (Phi) is 6.45. The van der Waals surface area contributed by atoms with E-state index in [2.05, 4.69) is 26.1 Å². The molecule has 17 heavy (non-hydrogen) atoms. The third kappa shape index (κ3) is 4.57. The highest BCUT2D eigenvalue weighted by atomic mass is 16.5. The summed E-state index contributed by atoms with van der Waals surface area (Å²) in [6.07, 6.45) is 5.13. The molecular weight excluding hydrogens is 214 g/mol. The van der Waals surface area contributed by atoms with E-state index in [1.54, 1.807) is 7.11 Å². The monoisotopic (exact) mass is 243 g/mol. The maximum absolute atomic E-state index is 6.04. The van der Waals surface area contributed by atoms with Gasteiger partial charge in [0.2, 0.25) is 0 Å². The van der Waals surface area contributed by atoms with Crippen LogP contribution in [0.2, 0.25) is 0 Å². The molecule has 1 fully saturated rings. The van der Waals surface area contributed by atoms with Crippen molar-refractivity contribution in [3.8, 4) is 0 Å². The first kappa shape index (κ1) is 14.9. The zero-order valence-electron chi connectivity index (χ0n) is 11.9. The summed E-state index contributed by atoms with van der Waals surface area (Å²) in [5, 5.41) is 3.61. The third-order valence-corrected chi connectivity index (χ3v) is 3.77. The minimum absolute atomic E-state index is 0.347. The van der Waals surface area contributed by atoms with Gasteiger partial charge in [-0.25, -0.2) is 0 Å². The average Bonchev–Trinajstić information content (AvgIpc) is 2.28. The van der Waals surface area contributed by atoms with Gasteiger partial charge in [0.15, 0.2) is 0 Å². The van der Waals surface area contributed by atoms with Gasteiger partial charge in [0.05, 0.1) is 6.10 Å². The Hall–Kier alpha value is -0.120. The lowest BCUT2D eigenvalue weighted by Crippen LogP contribution is -2.53. The van der Waals surface area contributed by atoms with Crippen molar-refractivity contribution in [2.45, 2.75) is 58.6 Å². The number of methoxy groups -OCH3 is 1. The summed E-state index contributed by atoms with van der Waals surface area (Å²) in [6.45, 7) is 9.51. The molecule has 0 saturated heterocycles. The summed E-state index contributed by atoms with van der Waals surface area (Å²) >= 11 is 0. The molecule has 0 bridgehead atoms. The Bertz CT molecular complexity index is 206. The Morgan fingerprint density at radius 3 is 2.71 bits per heavy atom. The zero-order chi connectivity index (χ0) is 12.7. The van der Waals surface area contributed by atoms with Crippen LogP contribution in [0.25, 0.3) is 0 Å². The van der Waals surface area contributed by atoms with E-state index in [1.165, 1.54) is 19.3 Å². The highest BCUT2D eigenvalue weighted by Crippen LogP contribution is 2.36. The van der Waals surface area contributed by atoms with Crippen molar-refractivity contribution in [3.05, 3.63) is 0 Å². The number of rotatable bonds is 7. The van der Waals surface area contributed by atoms with E-state index < -0.39 is 0 Å². The number of hydrogen-bond donors (Lipinski definition) is 1. The van der Waals surface area contributed by atoms with Gasteiger partial charge in [-0.2, -0.15) is 0 Å². The molecule has 1 aliphatic carbocycles. The summed E-state index contributed by atoms with van der Waals surface area (Å²) in [5.41, 5.74) is 0.347. The lowest BCUT2D eigenvalue weighted by Gasteiger charge is -2.44. The molecular formula is C14H29NO2. The van der Waals surface area contributed by atoms with E-state index in [1.807, 2.05) is 0 Å². The van der Waals surface area contributed by atoms with E-state index >= 15 is 0 Å². The van der Waals surface area contributed by atoms with Gasteiger partial charge < -0.3 is 14.8 Å². The summed E-state index contributed by atoms with van der Waals surface area (Å²) in [5.74, 6) is 0. The fraction of sp³-hybridized carbons (Fsp3) is 1.00. The molecule has 2 unspecified atom stereocenters. The molecule has 2 atom stereocenters. The van der Waals surface area contributed by atoms with Gasteiger partial charge >= 0.3 is 0 Å². The molecule has 1 aliphatic rings. The Balaban J connectivity index is 2.43.